The van der Waals surface area contributed by atoms with E-state index >= 15 is 0 Å². The van der Waals surface area contributed by atoms with Gasteiger partial charge >= 0.3 is 0 Å². The molecule has 0 N–H and O–H groups in total. The van der Waals surface area contributed by atoms with Crippen molar-refractivity contribution in [1.82, 2.24) is 4.98 Å². The van der Waals surface area contributed by atoms with Gasteiger partial charge in [-0.1, -0.05) is 83.4 Å². The van der Waals surface area contributed by atoms with Crippen LogP contribution in [-0.4, -0.2) is 10.7 Å². The molecule has 1 aromatic carbocycles. The average Bonchev–Trinajstić information content (AvgIpc) is 2.67. The first-order chi connectivity index (χ1) is 11.8. The second-order valence-corrected chi connectivity index (χ2v) is 6.98. The molecule has 0 saturated carbocycles. The van der Waals surface area contributed by atoms with E-state index in [1.54, 1.807) is 0 Å². The number of pyridine rings is 1. The molecule has 0 aliphatic heterocycles. The molecule has 1 unspecified atom stereocenters. The quantitative estimate of drug-likeness (QED) is 0.436. The first-order valence-corrected chi connectivity index (χ1v) is 10.5. The second kappa shape index (κ2) is 13.1. The molecule has 0 bridgehead atoms. The SMILES string of the molecule is CC.CCCCSC(CCCC)c1cccc(-c2ccccc2)n1. The van der Waals surface area contributed by atoms with E-state index in [9.17, 15) is 0 Å². The fraction of sp³-hybridized carbons (Fsp3) is 0.500. The van der Waals surface area contributed by atoms with Gasteiger partial charge < -0.3 is 0 Å². The Kier molecular flexibility index (Phi) is 11.3. The van der Waals surface area contributed by atoms with Crippen LogP contribution in [0.25, 0.3) is 11.3 Å². The molecule has 2 aromatic rings. The fourth-order valence-corrected chi connectivity index (χ4v) is 3.85. The lowest BCUT2D eigenvalue weighted by Gasteiger charge is -2.16. The highest BCUT2D eigenvalue weighted by molar-refractivity contribution is 7.99. The third kappa shape index (κ3) is 7.09. The van der Waals surface area contributed by atoms with Crippen LogP contribution < -0.4 is 0 Å². The Hall–Kier alpha value is -1.28. The molecule has 0 spiro atoms. The summed E-state index contributed by atoms with van der Waals surface area (Å²) in [4.78, 5) is 4.95. The first-order valence-electron chi connectivity index (χ1n) is 9.49. The maximum atomic E-state index is 4.95. The normalized spacial score (nSPS) is 11.5. The number of benzene rings is 1. The summed E-state index contributed by atoms with van der Waals surface area (Å²) in [6, 6.07) is 17.0. The smallest absolute Gasteiger partial charge is 0.0705 e. The van der Waals surface area contributed by atoms with Gasteiger partial charge in [0, 0.05) is 10.8 Å². The minimum Gasteiger partial charge on any atom is -0.252 e. The van der Waals surface area contributed by atoms with Gasteiger partial charge in [0.1, 0.15) is 0 Å². The Morgan fingerprint density at radius 3 is 2.25 bits per heavy atom. The Labute approximate surface area is 153 Å². The average molecular weight is 344 g/mol. The highest BCUT2D eigenvalue weighted by atomic mass is 32.2. The number of hydrogen-bond acceptors (Lipinski definition) is 2. The third-order valence-electron chi connectivity index (χ3n) is 3.81. The van der Waals surface area contributed by atoms with Gasteiger partial charge in [-0.15, -0.1) is 0 Å². The summed E-state index contributed by atoms with van der Waals surface area (Å²) >= 11 is 2.08. The molecule has 0 fully saturated rings. The summed E-state index contributed by atoms with van der Waals surface area (Å²) in [6.45, 7) is 8.53. The molecule has 1 atom stereocenters. The van der Waals surface area contributed by atoms with Crippen molar-refractivity contribution in [3.63, 3.8) is 0 Å². The summed E-state index contributed by atoms with van der Waals surface area (Å²) < 4.78 is 0. The van der Waals surface area contributed by atoms with Crippen molar-refractivity contribution in [1.29, 1.82) is 0 Å². The van der Waals surface area contributed by atoms with Gasteiger partial charge in [-0.2, -0.15) is 11.8 Å². The molecular weight excluding hydrogens is 310 g/mol. The molecule has 0 aliphatic carbocycles. The minimum atomic E-state index is 0.537. The zero-order chi connectivity index (χ0) is 17.6. The monoisotopic (exact) mass is 343 g/mol. The van der Waals surface area contributed by atoms with Crippen molar-refractivity contribution in [3.05, 3.63) is 54.2 Å². The van der Waals surface area contributed by atoms with Crippen molar-refractivity contribution in [2.24, 2.45) is 0 Å². The van der Waals surface area contributed by atoms with Gasteiger partial charge in [0.15, 0.2) is 0 Å². The molecule has 2 heteroatoms. The highest BCUT2D eigenvalue weighted by Crippen LogP contribution is 2.34. The van der Waals surface area contributed by atoms with Crippen LogP contribution in [0, 0.1) is 0 Å². The molecule has 0 radical (unpaired) electrons. The Bertz CT molecular complexity index is 539. The van der Waals surface area contributed by atoms with Gasteiger partial charge in [-0.3, -0.25) is 4.98 Å². The van der Waals surface area contributed by atoms with E-state index in [1.165, 1.54) is 49.1 Å². The van der Waals surface area contributed by atoms with Crippen molar-refractivity contribution in [3.8, 4) is 11.3 Å². The lowest BCUT2D eigenvalue weighted by molar-refractivity contribution is 0.695. The summed E-state index contributed by atoms with van der Waals surface area (Å²) in [6.07, 6.45) is 6.33. The largest absolute Gasteiger partial charge is 0.252 e. The molecule has 0 amide bonds. The van der Waals surface area contributed by atoms with Crippen LogP contribution in [0.15, 0.2) is 48.5 Å². The topological polar surface area (TPSA) is 12.9 Å². The van der Waals surface area contributed by atoms with Crippen molar-refractivity contribution in [2.45, 2.75) is 65.0 Å². The van der Waals surface area contributed by atoms with E-state index in [1.807, 2.05) is 13.8 Å². The molecule has 2 rings (SSSR count). The number of nitrogens with zero attached hydrogens (tertiary/aromatic N) is 1. The standard InChI is InChI=1S/C20H27NS.C2H6/c1-3-5-15-20(22-16-6-4-2)19-14-10-13-18(21-19)17-11-8-7-9-12-17;1-2/h7-14,20H,3-6,15-16H2,1-2H3;1-2H3. The maximum absolute atomic E-state index is 4.95. The molecule has 0 aliphatic rings. The second-order valence-electron chi connectivity index (χ2n) is 5.67. The van der Waals surface area contributed by atoms with Crippen LogP contribution >= 0.6 is 11.8 Å². The first kappa shape index (κ1) is 20.8. The lowest BCUT2D eigenvalue weighted by atomic mass is 10.1. The van der Waals surface area contributed by atoms with Crippen LogP contribution in [0.5, 0.6) is 0 Å². The van der Waals surface area contributed by atoms with Gasteiger partial charge in [0.25, 0.3) is 0 Å². The van der Waals surface area contributed by atoms with E-state index < -0.39 is 0 Å². The zero-order valence-electron chi connectivity index (χ0n) is 15.8. The highest BCUT2D eigenvalue weighted by Gasteiger charge is 2.13. The summed E-state index contributed by atoms with van der Waals surface area (Å²) in [7, 11) is 0. The van der Waals surface area contributed by atoms with Gasteiger partial charge in [-0.05, 0) is 30.7 Å². The number of thioether (sulfide) groups is 1. The molecule has 1 heterocycles. The number of hydrogen-bond donors (Lipinski definition) is 0. The predicted octanol–water partition coefficient (Wildman–Crippen LogP) is 7.54. The Morgan fingerprint density at radius 1 is 0.875 bits per heavy atom. The zero-order valence-corrected chi connectivity index (χ0v) is 16.6. The van der Waals surface area contributed by atoms with E-state index in [4.69, 9.17) is 4.98 Å². The predicted molar refractivity (Wildman–Crippen MR) is 111 cm³/mol. The molecule has 24 heavy (non-hydrogen) atoms. The number of aromatic nitrogens is 1. The van der Waals surface area contributed by atoms with E-state index in [2.05, 4.69) is 74.1 Å². The van der Waals surface area contributed by atoms with Gasteiger partial charge in [0.05, 0.1) is 11.4 Å². The molecule has 1 nitrogen and oxygen atoms in total. The van der Waals surface area contributed by atoms with Crippen LogP contribution in [0.1, 0.15) is 70.7 Å². The Morgan fingerprint density at radius 2 is 1.58 bits per heavy atom. The van der Waals surface area contributed by atoms with Crippen molar-refractivity contribution >= 4 is 11.8 Å². The summed E-state index contributed by atoms with van der Waals surface area (Å²) in [5.41, 5.74) is 3.55. The van der Waals surface area contributed by atoms with Crippen molar-refractivity contribution < 1.29 is 0 Å². The Balaban J connectivity index is 0.00000139. The van der Waals surface area contributed by atoms with Crippen LogP contribution in [0.4, 0.5) is 0 Å². The lowest BCUT2D eigenvalue weighted by Crippen LogP contribution is -2.00. The molecule has 0 saturated heterocycles. The van der Waals surface area contributed by atoms with Crippen LogP contribution in [0.2, 0.25) is 0 Å². The summed E-state index contributed by atoms with van der Waals surface area (Å²) in [5.74, 6) is 1.24. The molecule has 1 aromatic heterocycles. The minimum absolute atomic E-state index is 0.537. The molecular formula is C22H33NS. The molecule has 132 valence electrons. The fourth-order valence-electron chi connectivity index (χ4n) is 2.48. The van der Waals surface area contributed by atoms with Gasteiger partial charge in [-0.25, -0.2) is 0 Å². The van der Waals surface area contributed by atoms with Gasteiger partial charge in [0.2, 0.25) is 0 Å². The van der Waals surface area contributed by atoms with Crippen molar-refractivity contribution in [2.75, 3.05) is 5.75 Å². The van der Waals surface area contributed by atoms with E-state index in [0.717, 1.165) is 5.69 Å². The van der Waals surface area contributed by atoms with E-state index in [-0.39, 0.29) is 0 Å². The van der Waals surface area contributed by atoms with Crippen LogP contribution in [0.3, 0.4) is 0 Å². The number of unbranched alkanes of at least 4 members (excludes halogenated alkanes) is 2. The van der Waals surface area contributed by atoms with Crippen LogP contribution in [-0.2, 0) is 0 Å². The maximum Gasteiger partial charge on any atom is 0.0705 e. The number of rotatable bonds is 9. The summed E-state index contributed by atoms with van der Waals surface area (Å²) in [5, 5.41) is 0.537. The van der Waals surface area contributed by atoms with E-state index in [0.29, 0.717) is 5.25 Å². The third-order valence-corrected chi connectivity index (χ3v) is 5.21.